The fourth-order valence-electron chi connectivity index (χ4n) is 3.23. The number of benzene rings is 1. The molecule has 0 aromatic heterocycles. The van der Waals surface area contributed by atoms with Crippen LogP contribution in [-0.4, -0.2) is 52.8 Å². The van der Waals surface area contributed by atoms with E-state index in [1.807, 2.05) is 27.7 Å². The van der Waals surface area contributed by atoms with Gasteiger partial charge in [-0.2, -0.15) is 0 Å². The zero-order chi connectivity index (χ0) is 18.9. The molecule has 26 heavy (non-hydrogen) atoms. The van der Waals surface area contributed by atoms with E-state index in [2.05, 4.69) is 0 Å². The monoisotopic (exact) mass is 385 g/mol. The number of halogens is 2. The minimum Gasteiger partial charge on any atom is -0.337 e. The molecule has 1 saturated heterocycles. The number of nitrogens with zero attached hydrogens (tertiary/aromatic N) is 2. The molecular weight excluding hydrogens is 357 g/mol. The van der Waals surface area contributed by atoms with Crippen LogP contribution in [0.3, 0.4) is 0 Å². The highest BCUT2D eigenvalue weighted by Gasteiger charge is 2.40. The highest BCUT2D eigenvalue weighted by Crippen LogP contribution is 2.25. The van der Waals surface area contributed by atoms with Crippen LogP contribution in [0.25, 0.3) is 0 Å². The number of aryl methyl sites for hydroxylation is 1. The fraction of sp³-hybridized carbons (Fsp3) is 0.579. The molecule has 1 fully saturated rings. The summed E-state index contributed by atoms with van der Waals surface area (Å²) < 4.78 is 13.3. The molecule has 1 aliphatic rings. The molecule has 1 aromatic carbocycles. The Bertz CT molecular complexity index is 679. The first-order valence-electron chi connectivity index (χ1n) is 8.67. The second kappa shape index (κ2) is 8.35. The Morgan fingerprint density at radius 2 is 1.85 bits per heavy atom. The van der Waals surface area contributed by atoms with Gasteiger partial charge in [0.05, 0.1) is 11.6 Å². The predicted octanol–water partition coefficient (Wildman–Crippen LogP) is 2.60. The van der Waals surface area contributed by atoms with E-state index in [-0.39, 0.29) is 36.0 Å². The van der Waals surface area contributed by atoms with Crippen LogP contribution in [0.15, 0.2) is 18.2 Å². The minimum absolute atomic E-state index is 0. The molecule has 1 atom stereocenters. The van der Waals surface area contributed by atoms with Gasteiger partial charge in [0.25, 0.3) is 5.91 Å². The van der Waals surface area contributed by atoms with Gasteiger partial charge in [0.1, 0.15) is 5.82 Å². The van der Waals surface area contributed by atoms with E-state index in [1.54, 1.807) is 16.7 Å². The largest absolute Gasteiger partial charge is 0.337 e. The molecule has 1 unspecified atom stereocenters. The fourth-order valence-corrected chi connectivity index (χ4v) is 3.23. The lowest BCUT2D eigenvalue weighted by atomic mass is 9.95. The molecule has 2 amide bonds. The third-order valence-corrected chi connectivity index (χ3v) is 4.88. The average molecular weight is 386 g/mol. The van der Waals surface area contributed by atoms with Gasteiger partial charge in [-0.15, -0.1) is 12.4 Å². The number of hydrogen-bond acceptors (Lipinski definition) is 3. The van der Waals surface area contributed by atoms with Gasteiger partial charge < -0.3 is 15.5 Å². The number of hydrogen-bond donors (Lipinski definition) is 1. The summed E-state index contributed by atoms with van der Waals surface area (Å²) in [7, 11) is 0. The summed E-state index contributed by atoms with van der Waals surface area (Å²) in [6.45, 7) is 10.8. The molecule has 0 aliphatic carbocycles. The smallest absolute Gasteiger partial charge is 0.254 e. The van der Waals surface area contributed by atoms with Gasteiger partial charge in [-0.05, 0) is 50.5 Å². The van der Waals surface area contributed by atoms with Crippen molar-refractivity contribution in [2.45, 2.75) is 46.2 Å². The number of carbonyl (C=O) groups is 2. The van der Waals surface area contributed by atoms with Gasteiger partial charge in [-0.25, -0.2) is 4.39 Å². The molecule has 0 spiro atoms. The van der Waals surface area contributed by atoms with Crippen LogP contribution >= 0.6 is 12.4 Å². The van der Waals surface area contributed by atoms with Crippen molar-refractivity contribution in [1.82, 2.24) is 9.80 Å². The third-order valence-electron chi connectivity index (χ3n) is 4.88. The van der Waals surface area contributed by atoms with E-state index in [0.29, 0.717) is 30.8 Å². The maximum Gasteiger partial charge on any atom is 0.254 e. The summed E-state index contributed by atoms with van der Waals surface area (Å²) in [5, 5.41) is 0. The molecule has 146 valence electrons. The second-order valence-corrected chi connectivity index (χ2v) is 7.76. The molecule has 1 aromatic rings. The predicted molar refractivity (Wildman–Crippen MR) is 103 cm³/mol. The van der Waals surface area contributed by atoms with E-state index in [4.69, 9.17) is 5.73 Å². The number of rotatable bonds is 3. The van der Waals surface area contributed by atoms with E-state index in [1.165, 1.54) is 18.2 Å². The Hall–Kier alpha value is -1.66. The zero-order valence-corrected chi connectivity index (χ0v) is 16.9. The van der Waals surface area contributed by atoms with Crippen molar-refractivity contribution >= 4 is 24.2 Å². The minimum atomic E-state index is -0.530. The van der Waals surface area contributed by atoms with Crippen molar-refractivity contribution in [3.63, 3.8) is 0 Å². The van der Waals surface area contributed by atoms with Crippen LogP contribution in [-0.2, 0) is 4.79 Å². The third kappa shape index (κ3) is 4.54. The van der Waals surface area contributed by atoms with Crippen LogP contribution in [0, 0.1) is 18.7 Å². The quantitative estimate of drug-likeness (QED) is 0.869. The molecular formula is C19H29ClFN3O2. The molecule has 0 bridgehead atoms. The number of piperazine rings is 1. The Morgan fingerprint density at radius 3 is 2.35 bits per heavy atom. The van der Waals surface area contributed by atoms with Crippen LogP contribution in [0.1, 0.15) is 43.6 Å². The Balaban J connectivity index is 0.00000338. The van der Waals surface area contributed by atoms with Gasteiger partial charge in [-0.3, -0.25) is 9.59 Å². The van der Waals surface area contributed by atoms with Crippen molar-refractivity contribution in [1.29, 1.82) is 0 Å². The maximum atomic E-state index is 13.3. The molecule has 0 saturated carbocycles. The van der Waals surface area contributed by atoms with Crippen LogP contribution in [0.5, 0.6) is 0 Å². The second-order valence-electron chi connectivity index (χ2n) is 7.76. The Morgan fingerprint density at radius 1 is 1.23 bits per heavy atom. The zero-order valence-electron chi connectivity index (χ0n) is 16.1. The molecule has 1 heterocycles. The summed E-state index contributed by atoms with van der Waals surface area (Å²) in [6, 6.07) is 3.66. The van der Waals surface area contributed by atoms with Gasteiger partial charge in [0, 0.05) is 25.2 Å². The molecule has 2 N–H and O–H groups in total. The first kappa shape index (κ1) is 22.4. The van der Waals surface area contributed by atoms with Crippen molar-refractivity contribution in [3.8, 4) is 0 Å². The van der Waals surface area contributed by atoms with Crippen LogP contribution in [0.4, 0.5) is 4.39 Å². The first-order chi connectivity index (χ1) is 11.5. The Labute approximate surface area is 161 Å². The molecule has 2 rings (SSSR count). The van der Waals surface area contributed by atoms with Gasteiger partial charge in [-0.1, -0.05) is 13.8 Å². The normalized spacial score (nSPS) is 17.7. The summed E-state index contributed by atoms with van der Waals surface area (Å²) in [6.07, 6.45) is 0. The van der Waals surface area contributed by atoms with E-state index >= 15 is 0 Å². The van der Waals surface area contributed by atoms with Crippen LogP contribution in [0.2, 0.25) is 0 Å². The topological polar surface area (TPSA) is 66.6 Å². The number of carbonyl (C=O) groups excluding carboxylic acids is 2. The lowest BCUT2D eigenvalue weighted by Crippen LogP contribution is -2.64. The highest BCUT2D eigenvalue weighted by molar-refractivity contribution is 5.96. The van der Waals surface area contributed by atoms with Crippen molar-refractivity contribution in [2.75, 3.05) is 19.6 Å². The van der Waals surface area contributed by atoms with Crippen molar-refractivity contribution in [3.05, 3.63) is 35.1 Å². The van der Waals surface area contributed by atoms with E-state index < -0.39 is 11.6 Å². The van der Waals surface area contributed by atoms with Gasteiger partial charge in [0.15, 0.2) is 0 Å². The lowest BCUT2D eigenvalue weighted by Gasteiger charge is -2.48. The first-order valence-corrected chi connectivity index (χ1v) is 8.67. The van der Waals surface area contributed by atoms with Crippen molar-refractivity contribution in [2.24, 2.45) is 11.7 Å². The molecule has 1 aliphatic heterocycles. The van der Waals surface area contributed by atoms with Crippen LogP contribution < -0.4 is 5.73 Å². The molecule has 5 nitrogen and oxygen atoms in total. The number of amides is 2. The summed E-state index contributed by atoms with van der Waals surface area (Å²) in [4.78, 5) is 29.0. The van der Waals surface area contributed by atoms with E-state index in [9.17, 15) is 14.0 Å². The van der Waals surface area contributed by atoms with Gasteiger partial charge >= 0.3 is 0 Å². The lowest BCUT2D eigenvalue weighted by molar-refractivity contribution is -0.137. The highest BCUT2D eigenvalue weighted by atomic mass is 35.5. The average Bonchev–Trinajstić information content (AvgIpc) is 2.51. The summed E-state index contributed by atoms with van der Waals surface area (Å²) in [5.41, 5.74) is 6.57. The Kier molecular flexibility index (Phi) is 7.19. The SMILES string of the molecule is Cc1cc(F)ccc1C(=O)N1CCN(C(=O)C(N)C(C)C)CC1(C)C.Cl. The summed E-state index contributed by atoms with van der Waals surface area (Å²) >= 11 is 0. The molecule has 0 radical (unpaired) electrons. The van der Waals surface area contributed by atoms with E-state index in [0.717, 1.165) is 0 Å². The maximum absolute atomic E-state index is 13.3. The van der Waals surface area contributed by atoms with Crippen molar-refractivity contribution < 1.29 is 14.0 Å². The molecule has 7 heteroatoms. The summed E-state index contributed by atoms with van der Waals surface area (Å²) in [5.74, 6) is -0.501. The number of nitrogens with two attached hydrogens (primary N) is 1. The van der Waals surface area contributed by atoms with Gasteiger partial charge in [0.2, 0.25) is 5.91 Å². The standard InChI is InChI=1S/C19H28FN3O2.ClH/c1-12(2)16(21)18(25)22-8-9-23(19(4,5)11-22)17(24)15-7-6-14(20)10-13(15)3;/h6-7,10,12,16H,8-9,11,21H2,1-5H3;1H.